The summed E-state index contributed by atoms with van der Waals surface area (Å²) in [5, 5.41) is 19.7. The van der Waals surface area contributed by atoms with Crippen molar-refractivity contribution in [1.29, 1.82) is 0 Å². The molecule has 2 fully saturated rings. The van der Waals surface area contributed by atoms with Gasteiger partial charge in [0.1, 0.15) is 5.75 Å². The maximum absolute atomic E-state index is 13.6. The van der Waals surface area contributed by atoms with Crippen LogP contribution < -0.4 is 4.74 Å². The normalized spacial score (nSPS) is 17.2. The number of hydrogen-bond acceptors (Lipinski definition) is 6. The van der Waals surface area contributed by atoms with Crippen LogP contribution >= 0.6 is 0 Å². The Balaban J connectivity index is 0.00000119. The molecule has 2 aliphatic heterocycles. The van der Waals surface area contributed by atoms with Gasteiger partial charge < -0.3 is 19.6 Å². The van der Waals surface area contributed by atoms with E-state index in [-0.39, 0.29) is 23.7 Å². The van der Waals surface area contributed by atoms with Crippen LogP contribution in [0, 0.1) is 5.41 Å². The minimum atomic E-state index is -0.250. The first-order valence-electron chi connectivity index (χ1n) is 15.2. The molecule has 3 aromatic carbocycles. The SMILES string of the molecule is COc1ccc(Cn2cc(CC(=O)N3CCC4(CCN(C(=O)c5n[nH]c6cc(-c7ccccc7)ccc56)C4)C3)cn2)cc1.O=CO. The molecule has 0 radical (unpaired) electrons. The lowest BCUT2D eigenvalue weighted by Crippen LogP contribution is -2.36. The zero-order valence-electron chi connectivity index (χ0n) is 25.6. The first kappa shape index (κ1) is 30.6. The summed E-state index contributed by atoms with van der Waals surface area (Å²) >= 11 is 0. The fourth-order valence-electron chi connectivity index (χ4n) is 6.52. The number of fused-ring (bicyclic) bond motifs is 1. The van der Waals surface area contributed by atoms with Crippen LogP contribution in [-0.2, 0) is 22.6 Å². The van der Waals surface area contributed by atoms with Gasteiger partial charge in [-0.2, -0.15) is 10.2 Å². The Labute approximate surface area is 266 Å². The maximum Gasteiger partial charge on any atom is 0.290 e. The summed E-state index contributed by atoms with van der Waals surface area (Å²) in [5.74, 6) is 0.878. The molecule has 1 spiro atoms. The van der Waals surface area contributed by atoms with Gasteiger partial charge in [0, 0.05) is 43.2 Å². The molecule has 11 nitrogen and oxygen atoms in total. The highest BCUT2D eigenvalue weighted by molar-refractivity contribution is 6.05. The zero-order valence-corrected chi connectivity index (χ0v) is 25.6. The van der Waals surface area contributed by atoms with Gasteiger partial charge in [-0.15, -0.1) is 0 Å². The predicted octanol–water partition coefficient (Wildman–Crippen LogP) is 4.49. The molecule has 11 heteroatoms. The van der Waals surface area contributed by atoms with Crippen molar-refractivity contribution in [3.63, 3.8) is 0 Å². The van der Waals surface area contributed by atoms with Crippen LogP contribution in [0.15, 0.2) is 85.2 Å². The number of likely N-dealkylation sites (tertiary alicyclic amines) is 2. The summed E-state index contributed by atoms with van der Waals surface area (Å²) in [4.78, 5) is 39.1. The highest BCUT2D eigenvalue weighted by Gasteiger charge is 2.46. The number of nitrogens with zero attached hydrogens (tertiary/aromatic N) is 5. The van der Waals surface area contributed by atoms with Gasteiger partial charge in [-0.1, -0.05) is 48.5 Å². The quantitative estimate of drug-likeness (QED) is 0.256. The second kappa shape index (κ2) is 13.3. The van der Waals surface area contributed by atoms with Crippen molar-refractivity contribution >= 4 is 29.2 Å². The van der Waals surface area contributed by atoms with Crippen molar-refractivity contribution in [2.24, 2.45) is 5.41 Å². The molecule has 2 aliphatic rings. The van der Waals surface area contributed by atoms with Crippen molar-refractivity contribution in [3.05, 3.63) is 102 Å². The van der Waals surface area contributed by atoms with Gasteiger partial charge in [-0.05, 0) is 59.4 Å². The van der Waals surface area contributed by atoms with Crippen LogP contribution in [-0.4, -0.2) is 86.5 Å². The summed E-state index contributed by atoms with van der Waals surface area (Å²) in [5.41, 5.74) is 5.48. The number of rotatable bonds is 7. The molecule has 5 aromatic rings. The van der Waals surface area contributed by atoms with Gasteiger partial charge in [0.2, 0.25) is 5.91 Å². The van der Waals surface area contributed by atoms with E-state index in [0.29, 0.717) is 44.8 Å². The molecule has 2 saturated heterocycles. The molecular weight excluding hydrogens is 584 g/mol. The Hall–Kier alpha value is -5.45. The summed E-state index contributed by atoms with van der Waals surface area (Å²) in [6.45, 7) is 3.10. The van der Waals surface area contributed by atoms with E-state index < -0.39 is 0 Å². The fourth-order valence-corrected chi connectivity index (χ4v) is 6.52. The summed E-state index contributed by atoms with van der Waals surface area (Å²) in [6.07, 6.45) is 5.84. The Kier molecular flexibility index (Phi) is 8.82. The zero-order chi connectivity index (χ0) is 32.1. The van der Waals surface area contributed by atoms with Crippen molar-refractivity contribution < 1.29 is 24.2 Å². The maximum atomic E-state index is 13.6. The van der Waals surface area contributed by atoms with Gasteiger partial charge in [0.05, 0.1) is 31.8 Å². The van der Waals surface area contributed by atoms with Gasteiger partial charge >= 0.3 is 0 Å². The Morgan fingerprint density at radius 2 is 1.67 bits per heavy atom. The molecule has 7 rings (SSSR count). The second-order valence-electron chi connectivity index (χ2n) is 11.9. The van der Waals surface area contributed by atoms with E-state index >= 15 is 0 Å². The van der Waals surface area contributed by atoms with Crippen LogP contribution in [0.1, 0.15) is 34.5 Å². The topological polar surface area (TPSA) is 134 Å². The highest BCUT2D eigenvalue weighted by Crippen LogP contribution is 2.40. The third-order valence-corrected chi connectivity index (χ3v) is 8.93. The molecular formula is C35H36N6O5. The molecule has 4 heterocycles. The average molecular weight is 621 g/mol. The number of hydrogen-bond donors (Lipinski definition) is 2. The van der Waals surface area contributed by atoms with Crippen LogP contribution in [0.3, 0.4) is 0 Å². The smallest absolute Gasteiger partial charge is 0.290 e. The number of methoxy groups -OCH3 is 1. The lowest BCUT2D eigenvalue weighted by Gasteiger charge is -2.24. The van der Waals surface area contributed by atoms with E-state index in [9.17, 15) is 9.59 Å². The highest BCUT2D eigenvalue weighted by atomic mass is 16.5. The number of ether oxygens (including phenoxy) is 1. The van der Waals surface area contributed by atoms with E-state index in [4.69, 9.17) is 14.6 Å². The molecule has 46 heavy (non-hydrogen) atoms. The third-order valence-electron chi connectivity index (χ3n) is 8.93. The number of carboxylic acid groups (broad SMARTS) is 1. The number of carbonyl (C=O) groups excluding carboxylic acids is 2. The molecule has 236 valence electrons. The minimum absolute atomic E-state index is 0.0513. The number of aromatic nitrogens is 4. The lowest BCUT2D eigenvalue weighted by molar-refractivity contribution is -0.129. The monoisotopic (exact) mass is 620 g/mol. The number of benzene rings is 3. The van der Waals surface area contributed by atoms with E-state index in [0.717, 1.165) is 51.7 Å². The van der Waals surface area contributed by atoms with Crippen molar-refractivity contribution in [1.82, 2.24) is 29.8 Å². The van der Waals surface area contributed by atoms with E-state index in [2.05, 4.69) is 27.4 Å². The molecule has 0 bridgehead atoms. The van der Waals surface area contributed by atoms with Gasteiger partial charge in [-0.25, -0.2) is 0 Å². The number of amides is 2. The van der Waals surface area contributed by atoms with Crippen LogP contribution in [0.4, 0.5) is 0 Å². The minimum Gasteiger partial charge on any atom is -0.497 e. The molecule has 1 unspecified atom stereocenters. The second-order valence-corrected chi connectivity index (χ2v) is 11.9. The molecule has 2 amide bonds. The van der Waals surface area contributed by atoms with Crippen LogP contribution in [0.2, 0.25) is 0 Å². The van der Waals surface area contributed by atoms with E-state index in [1.165, 1.54) is 0 Å². The summed E-state index contributed by atoms with van der Waals surface area (Å²) in [6, 6.07) is 24.1. The van der Waals surface area contributed by atoms with Gasteiger partial charge in [-0.3, -0.25) is 24.2 Å². The molecule has 2 aromatic heterocycles. The summed E-state index contributed by atoms with van der Waals surface area (Å²) in [7, 11) is 1.65. The van der Waals surface area contributed by atoms with E-state index in [1.807, 2.05) is 81.3 Å². The predicted molar refractivity (Wildman–Crippen MR) is 172 cm³/mol. The number of carbonyl (C=O) groups is 3. The van der Waals surface area contributed by atoms with Gasteiger partial charge in [0.25, 0.3) is 12.4 Å². The number of aromatic amines is 1. The number of nitrogens with one attached hydrogen (secondary N) is 1. The lowest BCUT2D eigenvalue weighted by atomic mass is 9.86. The van der Waals surface area contributed by atoms with Gasteiger partial charge in [0.15, 0.2) is 5.69 Å². The molecule has 0 aliphatic carbocycles. The Bertz CT molecular complexity index is 1830. The average Bonchev–Trinajstić information content (AvgIpc) is 3.89. The molecule has 1 atom stereocenters. The Morgan fingerprint density at radius 3 is 2.41 bits per heavy atom. The van der Waals surface area contributed by atoms with Crippen LogP contribution in [0.5, 0.6) is 5.75 Å². The molecule has 2 N–H and O–H groups in total. The summed E-state index contributed by atoms with van der Waals surface area (Å²) < 4.78 is 7.09. The van der Waals surface area contributed by atoms with Crippen molar-refractivity contribution in [3.8, 4) is 16.9 Å². The number of H-pyrrole nitrogens is 1. The molecule has 0 saturated carbocycles. The largest absolute Gasteiger partial charge is 0.497 e. The first-order chi connectivity index (χ1) is 22.4. The third kappa shape index (κ3) is 6.49. The standard InChI is InChI=1S/C34H34N6O3.CH2O2/c1-43-28-10-7-24(8-11-28)20-40-21-25(19-35-40)17-31(41)38-15-13-34(22-38)14-16-39(23-34)33(42)32-29-12-9-27(18-30(29)36-37-32)26-5-3-2-4-6-26;2-1-3/h2-12,18-19,21H,13-17,20,22-23H2,1H3,(H,36,37);1H,(H,2,3). The fraction of sp³-hybridized carbons (Fsp3) is 0.286. The van der Waals surface area contributed by atoms with Crippen molar-refractivity contribution in [2.75, 3.05) is 33.3 Å². The van der Waals surface area contributed by atoms with E-state index in [1.54, 1.807) is 13.3 Å². The van der Waals surface area contributed by atoms with Crippen LogP contribution in [0.25, 0.3) is 22.0 Å². The van der Waals surface area contributed by atoms with Crippen molar-refractivity contribution in [2.45, 2.75) is 25.8 Å². The first-order valence-corrected chi connectivity index (χ1v) is 15.2. The Morgan fingerprint density at radius 1 is 0.957 bits per heavy atom.